The Hall–Kier alpha value is -3.03. The highest BCUT2D eigenvalue weighted by molar-refractivity contribution is 7.90. The Kier molecular flexibility index (Phi) is 6.49. The molecule has 0 heterocycles. The van der Waals surface area contributed by atoms with Crippen molar-refractivity contribution in [2.75, 3.05) is 32.8 Å². The maximum atomic E-state index is 12.7. The fraction of sp³-hybridized carbons (Fsp3) is 0.235. The van der Waals surface area contributed by atoms with Crippen molar-refractivity contribution in [3.8, 4) is 5.75 Å². The van der Waals surface area contributed by atoms with E-state index in [2.05, 4.69) is 5.32 Å². The number of methoxy groups -OCH3 is 1. The number of carbonyl (C=O) groups excluding carboxylic acids is 1. The van der Waals surface area contributed by atoms with Crippen LogP contribution in [0.15, 0.2) is 46.2 Å². The van der Waals surface area contributed by atoms with E-state index in [1.807, 2.05) is 0 Å². The topological polar surface area (TPSA) is 153 Å². The lowest BCUT2D eigenvalue weighted by Crippen LogP contribution is -2.22. The van der Waals surface area contributed by atoms with Crippen LogP contribution in [0.1, 0.15) is 10.4 Å². The zero-order chi connectivity index (χ0) is 22.9. The number of sulfone groups is 1. The molecule has 13 heteroatoms. The van der Waals surface area contributed by atoms with Crippen molar-refractivity contribution in [3.63, 3.8) is 0 Å². The van der Waals surface area contributed by atoms with Crippen LogP contribution in [0.4, 0.5) is 11.4 Å². The van der Waals surface area contributed by atoms with E-state index >= 15 is 0 Å². The average Bonchev–Trinajstić information content (AvgIpc) is 2.66. The van der Waals surface area contributed by atoms with Crippen LogP contribution in [0.2, 0.25) is 0 Å². The van der Waals surface area contributed by atoms with Crippen molar-refractivity contribution in [2.24, 2.45) is 0 Å². The number of sulfonamides is 1. The van der Waals surface area contributed by atoms with E-state index in [4.69, 9.17) is 4.74 Å². The van der Waals surface area contributed by atoms with Gasteiger partial charge in [0.1, 0.15) is 5.75 Å². The molecule has 0 aliphatic rings. The molecule has 11 nitrogen and oxygen atoms in total. The number of carbonyl (C=O) groups is 1. The number of nitro groups is 1. The van der Waals surface area contributed by atoms with Crippen LogP contribution in [-0.4, -0.2) is 59.4 Å². The maximum absolute atomic E-state index is 12.7. The van der Waals surface area contributed by atoms with Crippen LogP contribution < -0.4 is 10.1 Å². The number of nitro benzene ring substituents is 1. The Morgan fingerprint density at radius 1 is 1.07 bits per heavy atom. The van der Waals surface area contributed by atoms with Crippen molar-refractivity contribution >= 4 is 37.1 Å². The molecule has 1 N–H and O–H groups in total. The Morgan fingerprint density at radius 2 is 1.70 bits per heavy atom. The van der Waals surface area contributed by atoms with Crippen molar-refractivity contribution < 1.29 is 31.3 Å². The highest BCUT2D eigenvalue weighted by atomic mass is 32.2. The number of hydrogen-bond donors (Lipinski definition) is 1. The molecule has 2 rings (SSSR count). The fourth-order valence-electron chi connectivity index (χ4n) is 2.38. The molecule has 0 aliphatic heterocycles. The molecular weight excluding hydrogens is 438 g/mol. The van der Waals surface area contributed by atoms with Gasteiger partial charge in [0, 0.05) is 38.0 Å². The minimum Gasteiger partial charge on any atom is -0.495 e. The largest absolute Gasteiger partial charge is 0.495 e. The van der Waals surface area contributed by atoms with Crippen molar-refractivity contribution in [1.29, 1.82) is 0 Å². The molecule has 0 atom stereocenters. The number of amides is 1. The first-order chi connectivity index (χ1) is 13.8. The second-order valence-corrected chi connectivity index (χ2v) is 10.5. The number of benzene rings is 2. The number of non-ortho nitro benzene ring substituents is 1. The minimum absolute atomic E-state index is 0.0159. The number of nitrogens with zero attached hydrogens (tertiary/aromatic N) is 2. The van der Waals surface area contributed by atoms with Gasteiger partial charge in [-0.3, -0.25) is 14.9 Å². The van der Waals surface area contributed by atoms with Crippen LogP contribution in [0.3, 0.4) is 0 Å². The Labute approximate surface area is 173 Å². The quantitative estimate of drug-likeness (QED) is 0.485. The zero-order valence-corrected chi connectivity index (χ0v) is 18.1. The molecule has 0 fully saturated rings. The summed E-state index contributed by atoms with van der Waals surface area (Å²) in [5.74, 6) is -0.754. The van der Waals surface area contributed by atoms with Gasteiger partial charge in [0.2, 0.25) is 10.0 Å². The smallest absolute Gasteiger partial charge is 0.271 e. The van der Waals surface area contributed by atoms with E-state index in [0.717, 1.165) is 28.8 Å². The van der Waals surface area contributed by atoms with Crippen LogP contribution in [0.5, 0.6) is 5.75 Å². The van der Waals surface area contributed by atoms with E-state index in [0.29, 0.717) is 0 Å². The molecule has 2 aromatic rings. The fourth-order valence-corrected chi connectivity index (χ4v) is 3.99. The summed E-state index contributed by atoms with van der Waals surface area (Å²) in [6.45, 7) is 0. The monoisotopic (exact) mass is 457 g/mol. The highest BCUT2D eigenvalue weighted by Gasteiger charge is 2.22. The molecule has 0 aromatic heterocycles. The lowest BCUT2D eigenvalue weighted by molar-refractivity contribution is -0.385. The summed E-state index contributed by atoms with van der Waals surface area (Å²) in [6.07, 6.45) is 0.854. The number of nitrogens with one attached hydrogen (secondary N) is 1. The molecule has 162 valence electrons. The molecule has 0 bridgehead atoms. The number of rotatable bonds is 7. The van der Waals surface area contributed by atoms with Gasteiger partial charge in [-0.15, -0.1) is 0 Å². The SMILES string of the molecule is COc1ccc(S(=O)(=O)N(C)C)cc1NC(=O)c1cc([N+](=O)[O-])cc(S(C)(=O)=O)c1. The third-order valence-corrected chi connectivity index (χ3v) is 6.89. The molecule has 0 radical (unpaired) electrons. The predicted molar refractivity (Wildman–Crippen MR) is 108 cm³/mol. The number of hydrogen-bond acceptors (Lipinski definition) is 8. The van der Waals surface area contributed by atoms with Crippen LogP contribution in [-0.2, 0) is 19.9 Å². The summed E-state index contributed by atoms with van der Waals surface area (Å²) < 4.78 is 54.4. The predicted octanol–water partition coefficient (Wildman–Crippen LogP) is 1.51. The van der Waals surface area contributed by atoms with Gasteiger partial charge >= 0.3 is 0 Å². The Morgan fingerprint density at radius 3 is 2.20 bits per heavy atom. The van der Waals surface area contributed by atoms with Gasteiger partial charge in [0.15, 0.2) is 9.84 Å². The first-order valence-corrected chi connectivity index (χ1v) is 11.5. The normalized spacial score (nSPS) is 11.9. The van der Waals surface area contributed by atoms with Gasteiger partial charge in [0.05, 0.1) is 27.5 Å². The second kappa shape index (κ2) is 8.38. The Bertz CT molecular complexity index is 1220. The molecule has 0 spiro atoms. The van der Waals surface area contributed by atoms with Crippen molar-refractivity contribution in [2.45, 2.75) is 9.79 Å². The summed E-state index contributed by atoms with van der Waals surface area (Å²) in [5.41, 5.74) is -0.899. The highest BCUT2D eigenvalue weighted by Crippen LogP contribution is 2.29. The minimum atomic E-state index is -3.83. The lowest BCUT2D eigenvalue weighted by Gasteiger charge is -2.15. The first-order valence-electron chi connectivity index (χ1n) is 8.19. The maximum Gasteiger partial charge on any atom is 0.271 e. The summed E-state index contributed by atoms with van der Waals surface area (Å²) >= 11 is 0. The molecule has 2 aromatic carbocycles. The summed E-state index contributed by atoms with van der Waals surface area (Å²) in [5, 5.41) is 13.5. The van der Waals surface area contributed by atoms with E-state index in [9.17, 15) is 31.7 Å². The summed E-state index contributed by atoms with van der Waals surface area (Å²) in [7, 11) is -3.65. The van der Waals surface area contributed by atoms with Gasteiger partial charge in [-0.1, -0.05) is 0 Å². The molecule has 0 unspecified atom stereocenters. The standard InChI is InChI=1S/C17H19N3O8S2/c1-19(2)30(26,27)13-5-6-16(28-3)15(10-13)18-17(21)11-7-12(20(22)23)9-14(8-11)29(4,24)25/h5-10H,1-4H3,(H,18,21). The first kappa shape index (κ1) is 23.3. The van der Waals surface area contributed by atoms with E-state index < -0.39 is 41.3 Å². The third-order valence-electron chi connectivity index (χ3n) is 3.99. The molecule has 0 saturated carbocycles. The van der Waals surface area contributed by atoms with Crippen LogP contribution in [0, 0.1) is 10.1 Å². The van der Waals surface area contributed by atoms with Gasteiger partial charge < -0.3 is 10.1 Å². The van der Waals surface area contributed by atoms with Crippen molar-refractivity contribution in [1.82, 2.24) is 4.31 Å². The van der Waals surface area contributed by atoms with E-state index in [1.165, 1.54) is 39.4 Å². The number of anilines is 1. The molecule has 1 amide bonds. The molecule has 0 saturated heterocycles. The molecular formula is C17H19N3O8S2. The lowest BCUT2D eigenvalue weighted by atomic mass is 10.2. The number of ether oxygens (including phenoxy) is 1. The van der Waals surface area contributed by atoms with Gasteiger partial charge in [-0.2, -0.15) is 0 Å². The average molecular weight is 457 g/mol. The molecule has 0 aliphatic carbocycles. The summed E-state index contributed by atoms with van der Waals surface area (Å²) in [4.78, 5) is 22.5. The van der Waals surface area contributed by atoms with Gasteiger partial charge in [0.25, 0.3) is 11.6 Å². The second-order valence-electron chi connectivity index (χ2n) is 6.35. The van der Waals surface area contributed by atoms with Gasteiger partial charge in [-0.25, -0.2) is 21.1 Å². The van der Waals surface area contributed by atoms with Crippen LogP contribution in [0.25, 0.3) is 0 Å². The molecule has 30 heavy (non-hydrogen) atoms. The van der Waals surface area contributed by atoms with Gasteiger partial charge in [-0.05, 0) is 24.3 Å². The third kappa shape index (κ3) is 4.93. The van der Waals surface area contributed by atoms with Crippen molar-refractivity contribution in [3.05, 3.63) is 52.1 Å². The van der Waals surface area contributed by atoms with Crippen LogP contribution >= 0.6 is 0 Å². The van der Waals surface area contributed by atoms with E-state index in [-0.39, 0.29) is 21.9 Å². The van der Waals surface area contributed by atoms with E-state index in [1.54, 1.807) is 0 Å². The Balaban J connectivity index is 2.54. The summed E-state index contributed by atoms with van der Waals surface area (Å²) in [6, 6.07) is 6.54. The zero-order valence-electron chi connectivity index (χ0n) is 16.4.